The molecule has 0 unspecified atom stereocenters. The van der Waals surface area contributed by atoms with Gasteiger partial charge in [0.1, 0.15) is 5.75 Å². The Morgan fingerprint density at radius 1 is 0.778 bits per heavy atom. The second-order valence-corrected chi connectivity index (χ2v) is 5.81. The van der Waals surface area contributed by atoms with Crippen LogP contribution in [-0.4, -0.2) is 18.9 Å². The van der Waals surface area contributed by atoms with Gasteiger partial charge in [0, 0.05) is 16.8 Å². The normalized spacial score (nSPS) is 10.1. The van der Waals surface area contributed by atoms with Crippen LogP contribution >= 0.6 is 0 Å². The van der Waals surface area contributed by atoms with Crippen LogP contribution < -0.4 is 21.1 Å². The number of benzene rings is 3. The summed E-state index contributed by atoms with van der Waals surface area (Å²) in [5.74, 6) is 0.0677. The standard InChI is InChI=1S/C21H19N3O3/c1-27-17-11-9-14(10-12-17)20(25)23-18-7-2-3-8-19(18)24-21(26)15-5-4-6-16(22)13-15/h2-13H,22H2,1H3,(H,23,25)(H,24,26). The number of methoxy groups -OCH3 is 1. The molecular weight excluding hydrogens is 342 g/mol. The highest BCUT2D eigenvalue weighted by Gasteiger charge is 2.12. The van der Waals surface area contributed by atoms with Crippen molar-refractivity contribution in [2.45, 2.75) is 0 Å². The van der Waals surface area contributed by atoms with Gasteiger partial charge in [-0.15, -0.1) is 0 Å². The first kappa shape index (κ1) is 18.0. The lowest BCUT2D eigenvalue weighted by atomic mass is 10.1. The Bertz CT molecular complexity index is 968. The molecule has 0 aliphatic carbocycles. The largest absolute Gasteiger partial charge is 0.497 e. The Morgan fingerprint density at radius 2 is 1.37 bits per heavy atom. The second-order valence-electron chi connectivity index (χ2n) is 5.81. The van der Waals surface area contributed by atoms with Crippen LogP contribution in [0.15, 0.2) is 72.8 Å². The van der Waals surface area contributed by atoms with E-state index in [2.05, 4.69) is 10.6 Å². The van der Waals surface area contributed by atoms with Crippen LogP contribution in [0.5, 0.6) is 5.75 Å². The van der Waals surface area contributed by atoms with E-state index in [0.29, 0.717) is 33.9 Å². The molecule has 2 amide bonds. The third-order valence-electron chi connectivity index (χ3n) is 3.92. The summed E-state index contributed by atoms with van der Waals surface area (Å²) in [4.78, 5) is 24.9. The number of hydrogen-bond donors (Lipinski definition) is 3. The molecule has 0 atom stereocenters. The number of carbonyl (C=O) groups excluding carboxylic acids is 2. The Kier molecular flexibility index (Phi) is 5.37. The van der Waals surface area contributed by atoms with E-state index in [4.69, 9.17) is 10.5 Å². The van der Waals surface area contributed by atoms with Crippen molar-refractivity contribution < 1.29 is 14.3 Å². The summed E-state index contributed by atoms with van der Waals surface area (Å²) in [6.45, 7) is 0. The van der Waals surface area contributed by atoms with Crippen molar-refractivity contribution in [3.63, 3.8) is 0 Å². The topological polar surface area (TPSA) is 93.5 Å². The van der Waals surface area contributed by atoms with Gasteiger partial charge in [-0.2, -0.15) is 0 Å². The van der Waals surface area contributed by atoms with Crippen molar-refractivity contribution in [3.8, 4) is 5.75 Å². The average molecular weight is 361 g/mol. The SMILES string of the molecule is COc1ccc(C(=O)Nc2ccccc2NC(=O)c2cccc(N)c2)cc1. The third kappa shape index (κ3) is 4.43. The molecule has 3 aromatic rings. The van der Waals surface area contributed by atoms with E-state index in [0.717, 1.165) is 0 Å². The van der Waals surface area contributed by atoms with Gasteiger partial charge in [-0.3, -0.25) is 9.59 Å². The molecule has 136 valence electrons. The van der Waals surface area contributed by atoms with Crippen molar-refractivity contribution in [2.75, 3.05) is 23.5 Å². The maximum atomic E-state index is 12.5. The predicted molar refractivity (Wildman–Crippen MR) is 106 cm³/mol. The van der Waals surface area contributed by atoms with E-state index in [1.807, 2.05) is 0 Å². The summed E-state index contributed by atoms with van der Waals surface area (Å²) in [6, 6.07) is 20.4. The van der Waals surface area contributed by atoms with Crippen LogP contribution in [0.1, 0.15) is 20.7 Å². The van der Waals surface area contributed by atoms with E-state index in [1.165, 1.54) is 0 Å². The van der Waals surface area contributed by atoms with Crippen LogP contribution in [0.25, 0.3) is 0 Å². The highest BCUT2D eigenvalue weighted by molar-refractivity contribution is 6.10. The molecule has 4 N–H and O–H groups in total. The lowest BCUT2D eigenvalue weighted by molar-refractivity contribution is 0.101. The van der Waals surface area contributed by atoms with E-state index in [-0.39, 0.29) is 11.8 Å². The lowest BCUT2D eigenvalue weighted by Crippen LogP contribution is -2.16. The first-order valence-electron chi connectivity index (χ1n) is 8.28. The third-order valence-corrected chi connectivity index (χ3v) is 3.92. The number of nitrogens with two attached hydrogens (primary N) is 1. The Hall–Kier alpha value is -3.80. The van der Waals surface area contributed by atoms with E-state index < -0.39 is 0 Å². The van der Waals surface area contributed by atoms with Crippen LogP contribution in [-0.2, 0) is 0 Å². The zero-order valence-corrected chi connectivity index (χ0v) is 14.7. The number of amides is 2. The summed E-state index contributed by atoms with van der Waals surface area (Å²) < 4.78 is 5.09. The quantitative estimate of drug-likeness (QED) is 0.603. The number of ether oxygens (including phenoxy) is 1. The minimum absolute atomic E-state index is 0.289. The van der Waals surface area contributed by atoms with Gasteiger partial charge in [0.2, 0.25) is 0 Å². The molecule has 6 heteroatoms. The fourth-order valence-electron chi connectivity index (χ4n) is 2.51. The van der Waals surface area contributed by atoms with E-state index >= 15 is 0 Å². The van der Waals surface area contributed by atoms with E-state index in [9.17, 15) is 9.59 Å². The molecule has 0 fully saturated rings. The highest BCUT2D eigenvalue weighted by Crippen LogP contribution is 2.23. The van der Waals surface area contributed by atoms with Gasteiger partial charge in [0.25, 0.3) is 11.8 Å². The van der Waals surface area contributed by atoms with Crippen LogP contribution in [0.2, 0.25) is 0 Å². The maximum absolute atomic E-state index is 12.5. The molecule has 0 aromatic heterocycles. The summed E-state index contributed by atoms with van der Waals surface area (Å²) >= 11 is 0. The number of nitrogens with one attached hydrogen (secondary N) is 2. The number of carbonyl (C=O) groups is 2. The van der Waals surface area contributed by atoms with Crippen molar-refractivity contribution in [2.24, 2.45) is 0 Å². The van der Waals surface area contributed by atoms with Crippen molar-refractivity contribution >= 4 is 28.9 Å². The second kappa shape index (κ2) is 8.05. The molecule has 3 rings (SSSR count). The predicted octanol–water partition coefficient (Wildman–Crippen LogP) is 3.78. The number of nitrogen functional groups attached to an aromatic ring is 1. The number of para-hydroxylation sites is 2. The molecule has 0 heterocycles. The first-order chi connectivity index (χ1) is 13.1. The molecule has 0 bridgehead atoms. The van der Waals surface area contributed by atoms with Crippen LogP contribution in [0, 0.1) is 0 Å². The van der Waals surface area contributed by atoms with Crippen molar-refractivity contribution in [1.29, 1.82) is 0 Å². The molecular formula is C21H19N3O3. The summed E-state index contributed by atoms with van der Waals surface area (Å²) in [5, 5.41) is 5.61. The van der Waals surface area contributed by atoms with E-state index in [1.54, 1.807) is 79.9 Å². The minimum Gasteiger partial charge on any atom is -0.497 e. The number of rotatable bonds is 5. The molecule has 0 saturated heterocycles. The monoisotopic (exact) mass is 361 g/mol. The Balaban J connectivity index is 1.77. The average Bonchev–Trinajstić information content (AvgIpc) is 2.69. The summed E-state index contributed by atoms with van der Waals surface area (Å²) in [5.41, 5.74) is 8.13. The van der Waals surface area contributed by atoms with Gasteiger partial charge in [-0.05, 0) is 54.6 Å². The van der Waals surface area contributed by atoms with Gasteiger partial charge in [-0.25, -0.2) is 0 Å². The van der Waals surface area contributed by atoms with Gasteiger partial charge >= 0.3 is 0 Å². The summed E-state index contributed by atoms with van der Waals surface area (Å²) in [7, 11) is 1.56. The number of hydrogen-bond acceptors (Lipinski definition) is 4. The molecule has 0 radical (unpaired) electrons. The zero-order chi connectivity index (χ0) is 19.2. The van der Waals surface area contributed by atoms with Crippen molar-refractivity contribution in [1.82, 2.24) is 0 Å². The molecule has 0 spiro atoms. The Morgan fingerprint density at radius 3 is 1.93 bits per heavy atom. The first-order valence-corrected chi connectivity index (χ1v) is 8.28. The van der Waals surface area contributed by atoms with Crippen LogP contribution in [0.4, 0.5) is 17.1 Å². The minimum atomic E-state index is -0.312. The summed E-state index contributed by atoms with van der Waals surface area (Å²) in [6.07, 6.45) is 0. The van der Waals surface area contributed by atoms with Crippen LogP contribution in [0.3, 0.4) is 0 Å². The smallest absolute Gasteiger partial charge is 0.255 e. The van der Waals surface area contributed by atoms with Gasteiger partial charge in [0.05, 0.1) is 18.5 Å². The molecule has 0 aliphatic heterocycles. The fourth-order valence-corrected chi connectivity index (χ4v) is 2.51. The maximum Gasteiger partial charge on any atom is 0.255 e. The molecule has 0 saturated carbocycles. The van der Waals surface area contributed by atoms with Gasteiger partial charge in [-0.1, -0.05) is 18.2 Å². The lowest BCUT2D eigenvalue weighted by Gasteiger charge is -2.13. The van der Waals surface area contributed by atoms with Crippen molar-refractivity contribution in [3.05, 3.63) is 83.9 Å². The molecule has 3 aromatic carbocycles. The number of anilines is 3. The van der Waals surface area contributed by atoms with Gasteiger partial charge < -0.3 is 21.1 Å². The zero-order valence-electron chi connectivity index (χ0n) is 14.7. The fraction of sp³-hybridized carbons (Fsp3) is 0.0476. The van der Waals surface area contributed by atoms with Gasteiger partial charge in [0.15, 0.2) is 0 Å². The Labute approximate surface area is 157 Å². The molecule has 6 nitrogen and oxygen atoms in total. The highest BCUT2D eigenvalue weighted by atomic mass is 16.5. The molecule has 0 aliphatic rings. The molecule has 27 heavy (non-hydrogen) atoms.